The number of allylic oxidation sites excluding steroid dienone is 2. The van der Waals surface area contributed by atoms with Crippen LogP contribution in [0.4, 0.5) is 0 Å². The van der Waals surface area contributed by atoms with E-state index in [2.05, 4.69) is 38.9 Å². The summed E-state index contributed by atoms with van der Waals surface area (Å²) in [5.74, 6) is 1.26. The largest absolute Gasteiger partial charge is 0.462 e. The van der Waals surface area contributed by atoms with Gasteiger partial charge in [0, 0.05) is 39.2 Å². The summed E-state index contributed by atoms with van der Waals surface area (Å²) in [6.45, 7) is 6.17. The molecule has 4 aliphatic carbocycles. The summed E-state index contributed by atoms with van der Waals surface area (Å²) in [5, 5.41) is 0. The molecule has 3 saturated heterocycles. The van der Waals surface area contributed by atoms with Crippen molar-refractivity contribution in [3.8, 4) is 0 Å². The fourth-order valence-electron chi connectivity index (χ4n) is 11.8. The van der Waals surface area contributed by atoms with Crippen LogP contribution in [0.1, 0.15) is 104 Å². The number of esters is 1. The second kappa shape index (κ2) is 17.6. The highest BCUT2D eigenvalue weighted by molar-refractivity contribution is 5.99. The second-order valence-corrected chi connectivity index (χ2v) is 18.1. The molecule has 0 aromatic heterocycles. The lowest BCUT2D eigenvalue weighted by molar-refractivity contribution is -0.314. The monoisotopic (exact) mass is 759 g/mol. The topological polar surface area (TPSA) is 111 Å². The number of carbonyl (C=O) groups excluding carboxylic acids is 2. The van der Waals surface area contributed by atoms with Crippen molar-refractivity contribution in [3.63, 3.8) is 0 Å². The molecular formula is C43H69NO10. The molecule has 0 amide bonds. The first kappa shape index (κ1) is 40.7. The minimum Gasteiger partial charge on any atom is -0.462 e. The van der Waals surface area contributed by atoms with E-state index in [9.17, 15) is 9.59 Å². The lowest BCUT2D eigenvalue weighted by Gasteiger charge is -2.44. The van der Waals surface area contributed by atoms with Crippen LogP contribution in [0.3, 0.4) is 0 Å². The highest BCUT2D eigenvalue weighted by Gasteiger charge is 2.54. The zero-order chi connectivity index (χ0) is 38.3. The molecule has 11 heteroatoms. The Morgan fingerprint density at radius 2 is 1.46 bits per heavy atom. The first-order chi connectivity index (χ1) is 26.0. The Morgan fingerprint density at radius 3 is 2.13 bits per heavy atom. The summed E-state index contributed by atoms with van der Waals surface area (Å²) in [7, 11) is 9.22. The van der Waals surface area contributed by atoms with Crippen molar-refractivity contribution < 1.29 is 47.5 Å². The Kier molecular flexibility index (Phi) is 13.3. The zero-order valence-electron chi connectivity index (χ0n) is 34.2. The molecule has 11 nitrogen and oxygen atoms in total. The minimum atomic E-state index is -0.568. The molecular weight excluding hydrogens is 690 g/mol. The first-order valence-corrected chi connectivity index (χ1v) is 21.3. The van der Waals surface area contributed by atoms with Crippen molar-refractivity contribution in [2.24, 2.45) is 41.4 Å². The Hall–Kier alpha value is -1.44. The third-order valence-corrected chi connectivity index (χ3v) is 14.9. The molecule has 0 aromatic carbocycles. The van der Waals surface area contributed by atoms with Crippen molar-refractivity contribution in [1.82, 2.24) is 4.90 Å². The van der Waals surface area contributed by atoms with Crippen LogP contribution >= 0.6 is 0 Å². The number of carbonyl (C=O) groups is 2. The Bertz CT molecular complexity index is 1320. The Labute approximate surface area is 323 Å². The van der Waals surface area contributed by atoms with Crippen LogP contribution in [-0.4, -0.2) is 120 Å². The summed E-state index contributed by atoms with van der Waals surface area (Å²) in [6.07, 6.45) is 11.7. The van der Waals surface area contributed by atoms with Crippen LogP contribution in [0.5, 0.6) is 0 Å². The van der Waals surface area contributed by atoms with Crippen LogP contribution in [0.2, 0.25) is 0 Å². The number of methoxy groups -OCH3 is 3. The van der Waals surface area contributed by atoms with Crippen molar-refractivity contribution in [3.05, 3.63) is 11.6 Å². The number of fused-ring (bicyclic) bond motifs is 5. The molecule has 3 heterocycles. The van der Waals surface area contributed by atoms with E-state index >= 15 is 0 Å². The number of Topliss-reactive ketones (excluding diaryl/α,β-unsaturated/α-hetero) is 1. The number of rotatable bonds is 9. The maximum Gasteiger partial charge on any atom is 0.306 e. The fourth-order valence-corrected chi connectivity index (χ4v) is 11.8. The lowest BCUT2D eigenvalue weighted by Crippen LogP contribution is -2.59. The maximum absolute atomic E-state index is 14.8. The van der Waals surface area contributed by atoms with E-state index in [1.807, 2.05) is 6.92 Å². The zero-order valence-corrected chi connectivity index (χ0v) is 34.2. The number of likely N-dealkylation sites (N-methyl/N-ethyl adjacent to an activating group) is 1. The number of ketones is 1. The van der Waals surface area contributed by atoms with Gasteiger partial charge in [0.1, 0.15) is 24.4 Å². The van der Waals surface area contributed by atoms with Crippen LogP contribution in [0, 0.1) is 41.4 Å². The standard InChI is InChI=1S/C43H69NO10/c1-23-35(54-38-18-17-34(44(4)5)24(2)50-38)13-10-14-36(26-11-9-12-26)53-37(45)22-32-29-16-15-27-19-28(20-30(27)31(29)21-33(32)39(23)46)52-43-42(49-8)41(48-7)40(47-6)25(3)51-43/h21,23-32,34-36,38,40-43H,9-20,22H2,1-8H3/t23-,24-,25+,27-,28-,29-,30-,31-,32+,34+,35+,36-,38+,40+,41-,42-,43+/m1/s1. The van der Waals surface area contributed by atoms with E-state index < -0.39 is 12.4 Å². The highest BCUT2D eigenvalue weighted by Crippen LogP contribution is 2.57. The van der Waals surface area contributed by atoms with Gasteiger partial charge in [-0.1, -0.05) is 19.4 Å². The van der Waals surface area contributed by atoms with Gasteiger partial charge in [-0.2, -0.15) is 0 Å². The SMILES string of the molecule is CO[C@@H]1[C@@H](OC)[C@H](C)O[C@@H](O[C@@H]2C[C@H]3CC[C@@H]4[C@@H](C=C5C(=O)[C@H](C)[C@@H](O[C@H]6CC[C@H](N(C)C)[C@@H](C)O6)CCC[C@H](C6CCC6)OC(=O)C[C@H]54)[C@@H]3C2)[C@@H]1OC. The average molecular weight is 760 g/mol. The molecule has 54 heavy (non-hydrogen) atoms. The van der Waals surface area contributed by atoms with Gasteiger partial charge in [0.25, 0.3) is 0 Å². The van der Waals surface area contributed by atoms with E-state index in [1.54, 1.807) is 21.3 Å². The lowest BCUT2D eigenvalue weighted by atomic mass is 9.66. The van der Waals surface area contributed by atoms with Crippen molar-refractivity contribution in [2.45, 2.75) is 172 Å². The number of ether oxygens (including phenoxy) is 8. The van der Waals surface area contributed by atoms with Crippen LogP contribution in [0.25, 0.3) is 0 Å². The average Bonchev–Trinajstić information content (AvgIpc) is 3.69. The Morgan fingerprint density at radius 1 is 0.722 bits per heavy atom. The number of hydrogen-bond acceptors (Lipinski definition) is 11. The molecule has 17 atom stereocenters. The molecule has 6 fully saturated rings. The summed E-state index contributed by atoms with van der Waals surface area (Å²) < 4.78 is 50.1. The molecule has 0 spiro atoms. The van der Waals surface area contributed by atoms with Crippen LogP contribution in [-0.2, 0) is 47.5 Å². The van der Waals surface area contributed by atoms with Gasteiger partial charge in [0.05, 0.1) is 30.8 Å². The molecule has 0 bridgehead atoms. The van der Waals surface area contributed by atoms with Crippen molar-refractivity contribution in [2.75, 3.05) is 35.4 Å². The third-order valence-electron chi connectivity index (χ3n) is 14.9. The molecule has 3 aliphatic heterocycles. The van der Waals surface area contributed by atoms with Gasteiger partial charge in [-0.3, -0.25) is 9.59 Å². The predicted octanol–water partition coefficient (Wildman–Crippen LogP) is 6.10. The van der Waals surface area contributed by atoms with Crippen LogP contribution in [0.15, 0.2) is 11.6 Å². The minimum absolute atomic E-state index is 0.000735. The molecule has 0 aromatic rings. The summed E-state index contributed by atoms with van der Waals surface area (Å²) in [6, 6.07) is 0.348. The molecule has 306 valence electrons. The van der Waals surface area contributed by atoms with E-state index in [1.165, 1.54) is 6.42 Å². The fraction of sp³-hybridized carbons (Fsp3) is 0.907. The van der Waals surface area contributed by atoms with Crippen molar-refractivity contribution in [1.29, 1.82) is 0 Å². The van der Waals surface area contributed by atoms with Gasteiger partial charge in [-0.05, 0) is 134 Å². The molecule has 0 radical (unpaired) electrons. The number of hydrogen-bond donors (Lipinski definition) is 0. The molecule has 7 aliphatic rings. The van der Waals surface area contributed by atoms with E-state index in [4.69, 9.17) is 37.9 Å². The predicted molar refractivity (Wildman–Crippen MR) is 201 cm³/mol. The van der Waals surface area contributed by atoms with Gasteiger partial charge in [-0.25, -0.2) is 0 Å². The number of cyclic esters (lactones) is 1. The highest BCUT2D eigenvalue weighted by atomic mass is 16.7. The summed E-state index contributed by atoms with van der Waals surface area (Å²) in [4.78, 5) is 30.8. The summed E-state index contributed by atoms with van der Waals surface area (Å²) in [5.41, 5.74) is 0.830. The summed E-state index contributed by atoms with van der Waals surface area (Å²) >= 11 is 0. The van der Waals surface area contributed by atoms with E-state index in [0.29, 0.717) is 23.8 Å². The van der Waals surface area contributed by atoms with Crippen LogP contribution < -0.4 is 0 Å². The van der Waals surface area contributed by atoms with E-state index in [-0.39, 0.29) is 90.9 Å². The second-order valence-electron chi connectivity index (χ2n) is 18.1. The third kappa shape index (κ3) is 8.27. The molecule has 3 saturated carbocycles. The van der Waals surface area contributed by atoms with Gasteiger partial charge in [0.15, 0.2) is 18.4 Å². The number of nitrogens with zero attached hydrogens (tertiary/aromatic N) is 1. The van der Waals surface area contributed by atoms with Gasteiger partial charge >= 0.3 is 5.97 Å². The maximum atomic E-state index is 14.8. The van der Waals surface area contributed by atoms with Gasteiger partial charge < -0.3 is 42.8 Å². The first-order valence-electron chi connectivity index (χ1n) is 21.3. The molecule has 0 unspecified atom stereocenters. The Balaban J connectivity index is 1.10. The van der Waals surface area contributed by atoms with Crippen molar-refractivity contribution >= 4 is 11.8 Å². The molecule has 0 N–H and O–H groups in total. The smallest absolute Gasteiger partial charge is 0.306 e. The van der Waals surface area contributed by atoms with E-state index in [0.717, 1.165) is 76.2 Å². The quantitative estimate of drug-likeness (QED) is 0.255. The molecule has 7 rings (SSSR count). The van der Waals surface area contributed by atoms with Gasteiger partial charge in [-0.15, -0.1) is 0 Å². The van der Waals surface area contributed by atoms with Gasteiger partial charge in [0.2, 0.25) is 0 Å². The normalized spacial score (nSPS) is 46.4.